The number of esters is 1. The minimum atomic E-state index is -1.52. The number of β-lactam (4-membered cyclic amide) rings is 1. The van der Waals surface area contributed by atoms with Gasteiger partial charge in [0.05, 0.1) is 0 Å². The van der Waals surface area contributed by atoms with Gasteiger partial charge in [0.2, 0.25) is 0 Å². The van der Waals surface area contributed by atoms with E-state index in [1.807, 2.05) is 44.2 Å². The summed E-state index contributed by atoms with van der Waals surface area (Å²) in [5.74, 6) is -0.894. The molecular formula is C18H20BrNO4S. The van der Waals surface area contributed by atoms with Crippen LogP contribution in [-0.4, -0.2) is 43.6 Å². The van der Waals surface area contributed by atoms with Crippen molar-refractivity contribution in [2.75, 3.05) is 0 Å². The Bertz CT molecular complexity index is 723. The number of benzene rings is 1. The van der Waals surface area contributed by atoms with Gasteiger partial charge in [0.15, 0.2) is 5.60 Å². The lowest BCUT2D eigenvalue weighted by Gasteiger charge is -2.49. The van der Waals surface area contributed by atoms with Crippen LogP contribution in [0.3, 0.4) is 0 Å². The van der Waals surface area contributed by atoms with Crippen molar-refractivity contribution in [2.24, 2.45) is 0 Å². The van der Waals surface area contributed by atoms with Gasteiger partial charge in [-0.05, 0) is 23.9 Å². The second kappa shape index (κ2) is 6.45. The second-order valence-corrected chi connectivity index (χ2v) is 9.76. The first-order valence-electron chi connectivity index (χ1n) is 7.93. The third-order valence-electron chi connectivity index (χ3n) is 4.53. The molecule has 0 saturated carbocycles. The minimum absolute atomic E-state index is 0.127. The van der Waals surface area contributed by atoms with Crippen molar-refractivity contribution in [3.8, 4) is 0 Å². The van der Waals surface area contributed by atoms with E-state index >= 15 is 0 Å². The van der Waals surface area contributed by atoms with Crippen LogP contribution in [0.25, 0.3) is 0 Å². The van der Waals surface area contributed by atoms with Gasteiger partial charge in [0, 0.05) is 11.2 Å². The summed E-state index contributed by atoms with van der Waals surface area (Å²) in [6, 6.07) is 8.67. The van der Waals surface area contributed by atoms with Crippen molar-refractivity contribution in [2.45, 2.75) is 48.6 Å². The fourth-order valence-electron chi connectivity index (χ4n) is 3.35. The second-order valence-electron chi connectivity index (χ2n) is 6.90. The molecule has 3 atom stereocenters. The van der Waals surface area contributed by atoms with E-state index in [-0.39, 0.29) is 13.0 Å². The van der Waals surface area contributed by atoms with Crippen molar-refractivity contribution in [1.29, 1.82) is 0 Å². The van der Waals surface area contributed by atoms with E-state index in [4.69, 9.17) is 4.74 Å². The van der Waals surface area contributed by atoms with Gasteiger partial charge in [-0.1, -0.05) is 52.8 Å². The molecule has 2 aliphatic heterocycles. The van der Waals surface area contributed by atoms with Crippen molar-refractivity contribution in [3.05, 3.63) is 47.0 Å². The average molecular weight is 426 g/mol. The molecule has 3 rings (SSSR count). The number of hydrogen-bond donors (Lipinski definition) is 1. The minimum Gasteiger partial charge on any atom is -0.459 e. The first-order valence-corrected chi connectivity index (χ1v) is 9.61. The van der Waals surface area contributed by atoms with Crippen molar-refractivity contribution < 1.29 is 19.4 Å². The maximum Gasteiger partial charge on any atom is 0.330 e. The topological polar surface area (TPSA) is 66.8 Å². The van der Waals surface area contributed by atoms with Crippen LogP contribution in [0.4, 0.5) is 0 Å². The third kappa shape index (κ3) is 3.13. The number of rotatable bonds is 5. The summed E-state index contributed by atoms with van der Waals surface area (Å²) in [6.07, 6.45) is 0.127. The number of carbonyl (C=O) groups excluding carboxylic acids is 2. The molecule has 0 unspecified atom stereocenters. The Morgan fingerprint density at radius 3 is 2.64 bits per heavy atom. The Morgan fingerprint density at radius 1 is 1.40 bits per heavy atom. The Hall–Kier alpha value is -1.31. The summed E-state index contributed by atoms with van der Waals surface area (Å²) in [5, 5.41) is 10.2. The van der Waals surface area contributed by atoms with E-state index in [0.717, 1.165) is 5.56 Å². The molecule has 0 aliphatic carbocycles. The van der Waals surface area contributed by atoms with Crippen molar-refractivity contribution >= 4 is 39.6 Å². The molecule has 1 N–H and O–H groups in total. The van der Waals surface area contributed by atoms with Crippen LogP contribution in [0.1, 0.15) is 25.8 Å². The molecular weight excluding hydrogens is 406 g/mol. The van der Waals surface area contributed by atoms with Crippen LogP contribution < -0.4 is 0 Å². The molecule has 1 aromatic rings. The zero-order valence-corrected chi connectivity index (χ0v) is 16.5. The maximum atomic E-state index is 12.7. The van der Waals surface area contributed by atoms with Gasteiger partial charge in [-0.2, -0.15) is 0 Å². The molecule has 0 aromatic heterocycles. The van der Waals surface area contributed by atoms with Crippen molar-refractivity contribution in [1.82, 2.24) is 4.90 Å². The van der Waals surface area contributed by atoms with Crippen molar-refractivity contribution in [3.63, 3.8) is 0 Å². The lowest BCUT2D eigenvalue weighted by molar-refractivity contribution is -0.189. The highest BCUT2D eigenvalue weighted by atomic mass is 79.9. The number of hydrogen-bond acceptors (Lipinski definition) is 5. The van der Waals surface area contributed by atoms with Gasteiger partial charge in [-0.15, -0.1) is 11.8 Å². The highest BCUT2D eigenvalue weighted by Crippen LogP contribution is 2.56. The molecule has 25 heavy (non-hydrogen) atoms. The fourth-order valence-corrected chi connectivity index (χ4v) is 5.41. The predicted octanol–water partition coefficient (Wildman–Crippen LogP) is 2.82. The monoisotopic (exact) mass is 425 g/mol. The van der Waals surface area contributed by atoms with Crippen LogP contribution in [0.2, 0.25) is 0 Å². The molecule has 0 spiro atoms. The van der Waals surface area contributed by atoms with E-state index in [2.05, 4.69) is 22.5 Å². The number of halogens is 1. The lowest BCUT2D eigenvalue weighted by atomic mass is 9.85. The number of amides is 1. The quantitative estimate of drug-likeness (QED) is 0.580. The Morgan fingerprint density at radius 2 is 2.04 bits per heavy atom. The largest absolute Gasteiger partial charge is 0.459 e. The zero-order chi connectivity index (χ0) is 18.4. The van der Waals surface area contributed by atoms with E-state index < -0.39 is 33.6 Å². The maximum absolute atomic E-state index is 12.7. The van der Waals surface area contributed by atoms with Gasteiger partial charge < -0.3 is 14.7 Å². The molecule has 5 nitrogen and oxygen atoms in total. The van der Waals surface area contributed by atoms with E-state index in [1.54, 1.807) is 0 Å². The lowest BCUT2D eigenvalue weighted by Crippen LogP contribution is -2.73. The number of fused-ring (bicyclic) bond motifs is 1. The summed E-state index contributed by atoms with van der Waals surface area (Å²) in [4.78, 5) is 26.7. The van der Waals surface area contributed by atoms with E-state index in [1.165, 1.54) is 16.7 Å². The molecule has 1 aromatic carbocycles. The van der Waals surface area contributed by atoms with E-state index in [0.29, 0.717) is 4.48 Å². The number of nitrogens with zero attached hydrogens (tertiary/aromatic N) is 1. The molecule has 0 radical (unpaired) electrons. The molecule has 2 heterocycles. The summed E-state index contributed by atoms with van der Waals surface area (Å²) < 4.78 is 5.45. The smallest absolute Gasteiger partial charge is 0.330 e. The number of thioether (sulfide) groups is 1. The van der Waals surface area contributed by atoms with Gasteiger partial charge in [-0.25, -0.2) is 4.79 Å². The van der Waals surface area contributed by atoms with Gasteiger partial charge in [-0.3, -0.25) is 4.79 Å². The van der Waals surface area contributed by atoms with Crippen LogP contribution in [0.15, 0.2) is 41.4 Å². The normalized spacial score (nSPS) is 29.8. The molecule has 2 fully saturated rings. The zero-order valence-electron chi connectivity index (χ0n) is 14.1. The molecule has 2 saturated heterocycles. The van der Waals surface area contributed by atoms with Gasteiger partial charge >= 0.3 is 5.97 Å². The number of ether oxygens (including phenoxy) is 1. The van der Waals surface area contributed by atoms with Crippen LogP contribution in [0, 0.1) is 0 Å². The number of aliphatic hydroxyl groups is 1. The molecule has 7 heteroatoms. The third-order valence-corrected chi connectivity index (χ3v) is 6.48. The Kier molecular flexibility index (Phi) is 4.77. The molecule has 1 amide bonds. The van der Waals surface area contributed by atoms with Crippen LogP contribution in [-0.2, 0) is 20.9 Å². The highest BCUT2D eigenvalue weighted by molar-refractivity contribution is 9.11. The Balaban J connectivity index is 1.74. The predicted molar refractivity (Wildman–Crippen MR) is 100.0 cm³/mol. The average Bonchev–Trinajstić information content (AvgIpc) is 2.82. The number of carbonyl (C=O) groups is 2. The molecule has 0 bridgehead atoms. The van der Waals surface area contributed by atoms with Crippen LogP contribution in [0.5, 0.6) is 0 Å². The Labute approximate surface area is 159 Å². The van der Waals surface area contributed by atoms with Gasteiger partial charge in [0.25, 0.3) is 5.91 Å². The SMILES string of the molecule is C=C(Br)C[C@@]1(O)C(=O)N2[C@@H](C(=O)OCc3ccccc3)C(C)(C)S[C@@H]21. The van der Waals surface area contributed by atoms with Crippen LogP contribution >= 0.6 is 27.7 Å². The summed E-state index contributed by atoms with van der Waals surface area (Å²) in [6.45, 7) is 7.65. The summed E-state index contributed by atoms with van der Waals surface area (Å²) in [5.41, 5.74) is -0.630. The fraction of sp³-hybridized carbons (Fsp3) is 0.444. The molecule has 134 valence electrons. The summed E-state index contributed by atoms with van der Waals surface area (Å²) >= 11 is 4.63. The van der Waals surface area contributed by atoms with Gasteiger partial charge in [0.1, 0.15) is 18.0 Å². The first kappa shape index (κ1) is 18.5. The molecule has 2 aliphatic rings. The van der Waals surface area contributed by atoms with E-state index in [9.17, 15) is 14.7 Å². The first-order chi connectivity index (χ1) is 11.7. The summed E-state index contributed by atoms with van der Waals surface area (Å²) in [7, 11) is 0. The highest BCUT2D eigenvalue weighted by Gasteiger charge is 2.71. The standard InChI is InChI=1S/C18H20BrNO4S/c1-11(19)9-18(23)15(22)20-13(17(2,3)25-16(18)20)14(21)24-10-12-7-5-4-6-8-12/h4-8,13,16,23H,1,9-10H2,2-3H3/t13-,16+,18+/m0/s1.